The van der Waals surface area contributed by atoms with Crippen LogP contribution in [-0.2, 0) is 4.74 Å². The summed E-state index contributed by atoms with van der Waals surface area (Å²) >= 11 is 0. The summed E-state index contributed by atoms with van der Waals surface area (Å²) in [6.45, 7) is 13.3. The number of ether oxygens (including phenoxy) is 1. The van der Waals surface area contributed by atoms with Gasteiger partial charge in [0.25, 0.3) is 5.91 Å². The van der Waals surface area contributed by atoms with Gasteiger partial charge in [-0.05, 0) is 12.8 Å². The van der Waals surface area contributed by atoms with Gasteiger partial charge >= 0.3 is 0 Å². The molecule has 2 aliphatic rings. The highest BCUT2D eigenvalue weighted by Crippen LogP contribution is 2.30. The lowest BCUT2D eigenvalue weighted by molar-refractivity contribution is 0.0103. The first-order chi connectivity index (χ1) is 11.5. The van der Waals surface area contributed by atoms with Gasteiger partial charge in [0.15, 0.2) is 5.76 Å². The van der Waals surface area contributed by atoms with Gasteiger partial charge in [0.1, 0.15) is 5.56 Å². The van der Waals surface area contributed by atoms with Crippen molar-refractivity contribution in [2.24, 2.45) is 5.92 Å². The van der Waals surface area contributed by atoms with Gasteiger partial charge in [-0.25, -0.2) is 0 Å². The van der Waals surface area contributed by atoms with E-state index in [1.54, 1.807) is 0 Å². The van der Waals surface area contributed by atoms with E-state index in [2.05, 4.69) is 17.0 Å². The first-order valence-corrected chi connectivity index (χ1v) is 9.10. The topological polar surface area (TPSA) is 58.8 Å². The molecule has 2 aliphatic heterocycles. The molecule has 0 radical (unpaired) electrons. The van der Waals surface area contributed by atoms with Crippen molar-refractivity contribution in [2.45, 2.75) is 46.1 Å². The molecular formula is C18H29N3O3. The predicted octanol–water partition coefficient (Wildman–Crippen LogP) is 2.29. The molecule has 6 nitrogen and oxygen atoms in total. The quantitative estimate of drug-likeness (QED) is 0.845. The molecule has 2 saturated heterocycles. The third kappa shape index (κ3) is 3.22. The molecule has 0 aromatic carbocycles. The Morgan fingerprint density at radius 3 is 2.62 bits per heavy atom. The summed E-state index contributed by atoms with van der Waals surface area (Å²) in [7, 11) is 0. The molecule has 3 rings (SSSR count). The molecule has 6 heteroatoms. The fraction of sp³-hybridized carbons (Fsp3) is 0.778. The lowest BCUT2D eigenvalue weighted by atomic mass is 9.99. The number of amides is 1. The van der Waals surface area contributed by atoms with Crippen molar-refractivity contribution in [3.05, 3.63) is 17.0 Å². The number of rotatable bonds is 4. The Morgan fingerprint density at radius 2 is 2.00 bits per heavy atom. The third-order valence-corrected chi connectivity index (χ3v) is 5.36. The highest BCUT2D eigenvalue weighted by atomic mass is 16.5. The van der Waals surface area contributed by atoms with Crippen LogP contribution in [0.25, 0.3) is 0 Å². The van der Waals surface area contributed by atoms with Crippen LogP contribution in [0.4, 0.5) is 0 Å². The zero-order chi connectivity index (χ0) is 17.3. The number of aryl methyl sites for hydroxylation is 1. The Kier molecular flexibility index (Phi) is 5.25. The van der Waals surface area contributed by atoms with Gasteiger partial charge in [-0.1, -0.05) is 32.3 Å². The number of carbonyl (C=O) groups is 1. The largest absolute Gasteiger partial charge is 0.379 e. The van der Waals surface area contributed by atoms with E-state index in [4.69, 9.17) is 9.26 Å². The summed E-state index contributed by atoms with van der Waals surface area (Å²) in [5.74, 6) is 1.46. The molecule has 24 heavy (non-hydrogen) atoms. The highest BCUT2D eigenvalue weighted by molar-refractivity contribution is 5.96. The van der Waals surface area contributed by atoms with Gasteiger partial charge in [-0.2, -0.15) is 0 Å². The van der Waals surface area contributed by atoms with E-state index in [1.165, 1.54) is 0 Å². The van der Waals surface area contributed by atoms with Crippen LogP contribution in [0.15, 0.2) is 4.52 Å². The standard InChI is InChI=1S/C18H29N3O3/c1-5-14-10-21(11-15(14)20-6-8-23-9-7-20)18(22)16-13(4)19-24-17(16)12(2)3/h12,14-15H,5-11H2,1-4H3/t14-,15-/m0/s1. The number of carbonyl (C=O) groups excluding carboxylic acids is 1. The second-order valence-electron chi connectivity index (χ2n) is 7.26. The van der Waals surface area contributed by atoms with Crippen molar-refractivity contribution >= 4 is 5.91 Å². The lowest BCUT2D eigenvalue weighted by Gasteiger charge is -2.34. The predicted molar refractivity (Wildman–Crippen MR) is 91.2 cm³/mol. The Bertz CT molecular complexity index is 578. The molecule has 1 aromatic rings. The average Bonchev–Trinajstić information content (AvgIpc) is 3.18. The number of hydrogen-bond acceptors (Lipinski definition) is 5. The molecule has 0 saturated carbocycles. The molecule has 0 aliphatic carbocycles. The summed E-state index contributed by atoms with van der Waals surface area (Å²) in [6.07, 6.45) is 1.09. The molecule has 0 spiro atoms. The second kappa shape index (κ2) is 7.23. The van der Waals surface area contributed by atoms with Crippen LogP contribution < -0.4 is 0 Å². The smallest absolute Gasteiger partial charge is 0.259 e. The van der Waals surface area contributed by atoms with Crippen LogP contribution >= 0.6 is 0 Å². The van der Waals surface area contributed by atoms with Crippen LogP contribution in [0.5, 0.6) is 0 Å². The van der Waals surface area contributed by atoms with Gasteiger partial charge in [0, 0.05) is 38.1 Å². The second-order valence-corrected chi connectivity index (χ2v) is 7.26. The normalized spacial score (nSPS) is 25.6. The lowest BCUT2D eigenvalue weighted by Crippen LogP contribution is -2.47. The summed E-state index contributed by atoms with van der Waals surface area (Å²) in [5.41, 5.74) is 1.37. The number of aromatic nitrogens is 1. The summed E-state index contributed by atoms with van der Waals surface area (Å²) in [5, 5.41) is 4.03. The van der Waals surface area contributed by atoms with E-state index in [0.29, 0.717) is 29.0 Å². The number of morpholine rings is 1. The first kappa shape index (κ1) is 17.4. The monoisotopic (exact) mass is 335 g/mol. The van der Waals surface area contributed by atoms with Gasteiger partial charge < -0.3 is 14.2 Å². The SMILES string of the molecule is CC[C@H]1CN(C(=O)c2c(C)noc2C(C)C)C[C@@H]1N1CCOCC1. The Labute approximate surface area is 144 Å². The molecule has 1 amide bonds. The van der Waals surface area contributed by atoms with Crippen molar-refractivity contribution in [1.82, 2.24) is 15.0 Å². The first-order valence-electron chi connectivity index (χ1n) is 9.10. The molecule has 0 bridgehead atoms. The van der Waals surface area contributed by atoms with E-state index in [1.807, 2.05) is 25.7 Å². The van der Waals surface area contributed by atoms with Crippen molar-refractivity contribution in [2.75, 3.05) is 39.4 Å². The van der Waals surface area contributed by atoms with Gasteiger partial charge in [0.2, 0.25) is 0 Å². The fourth-order valence-corrected chi connectivity index (χ4v) is 3.94. The molecular weight excluding hydrogens is 306 g/mol. The summed E-state index contributed by atoms with van der Waals surface area (Å²) < 4.78 is 10.9. The number of nitrogens with zero attached hydrogens (tertiary/aromatic N) is 3. The van der Waals surface area contributed by atoms with Crippen molar-refractivity contribution in [3.63, 3.8) is 0 Å². The van der Waals surface area contributed by atoms with Gasteiger partial charge in [-0.15, -0.1) is 0 Å². The number of likely N-dealkylation sites (tertiary alicyclic amines) is 1. The van der Waals surface area contributed by atoms with Crippen molar-refractivity contribution < 1.29 is 14.1 Å². The maximum absolute atomic E-state index is 13.1. The minimum absolute atomic E-state index is 0.0756. The van der Waals surface area contributed by atoms with Crippen LogP contribution in [0.2, 0.25) is 0 Å². The molecule has 134 valence electrons. The zero-order valence-electron chi connectivity index (χ0n) is 15.2. The van der Waals surface area contributed by atoms with E-state index in [-0.39, 0.29) is 11.8 Å². The molecule has 2 fully saturated rings. The minimum atomic E-state index is 0.0756. The number of hydrogen-bond donors (Lipinski definition) is 0. The minimum Gasteiger partial charge on any atom is -0.379 e. The maximum Gasteiger partial charge on any atom is 0.259 e. The van der Waals surface area contributed by atoms with Crippen molar-refractivity contribution in [1.29, 1.82) is 0 Å². The Morgan fingerprint density at radius 1 is 1.29 bits per heavy atom. The van der Waals surface area contributed by atoms with Gasteiger partial charge in [0.05, 0.1) is 18.9 Å². The van der Waals surface area contributed by atoms with E-state index in [0.717, 1.165) is 45.8 Å². The van der Waals surface area contributed by atoms with E-state index >= 15 is 0 Å². The van der Waals surface area contributed by atoms with Crippen LogP contribution in [0, 0.1) is 12.8 Å². The summed E-state index contributed by atoms with van der Waals surface area (Å²) in [4.78, 5) is 17.6. The average molecular weight is 335 g/mol. The van der Waals surface area contributed by atoms with Gasteiger partial charge in [-0.3, -0.25) is 9.69 Å². The van der Waals surface area contributed by atoms with Crippen LogP contribution in [0.1, 0.15) is 54.9 Å². The summed E-state index contributed by atoms with van der Waals surface area (Å²) in [6, 6.07) is 0.436. The van der Waals surface area contributed by atoms with E-state index < -0.39 is 0 Å². The molecule has 3 heterocycles. The van der Waals surface area contributed by atoms with Crippen LogP contribution in [0.3, 0.4) is 0 Å². The zero-order valence-corrected chi connectivity index (χ0v) is 15.2. The fourth-order valence-electron chi connectivity index (χ4n) is 3.94. The highest BCUT2D eigenvalue weighted by Gasteiger charge is 2.39. The van der Waals surface area contributed by atoms with Crippen LogP contribution in [-0.4, -0.2) is 66.3 Å². The molecule has 2 atom stereocenters. The Hall–Kier alpha value is -1.40. The molecule has 0 unspecified atom stereocenters. The van der Waals surface area contributed by atoms with Crippen molar-refractivity contribution in [3.8, 4) is 0 Å². The maximum atomic E-state index is 13.1. The third-order valence-electron chi connectivity index (χ3n) is 5.36. The molecule has 1 aromatic heterocycles. The molecule has 0 N–H and O–H groups in total. The van der Waals surface area contributed by atoms with E-state index in [9.17, 15) is 4.79 Å². The Balaban J connectivity index is 1.78.